The highest BCUT2D eigenvalue weighted by Gasteiger charge is 2.66. The Kier molecular flexibility index (Phi) is 3.34. The molecule has 4 nitrogen and oxygen atoms in total. The summed E-state index contributed by atoms with van der Waals surface area (Å²) in [6, 6.07) is 7.73. The van der Waals surface area contributed by atoms with Crippen LogP contribution >= 0.6 is 0 Å². The topological polar surface area (TPSA) is 47.9 Å². The Labute approximate surface area is 154 Å². The maximum Gasteiger partial charge on any atom is 0.210 e. The summed E-state index contributed by atoms with van der Waals surface area (Å²) in [5.74, 6) is 2.60. The second kappa shape index (κ2) is 5.46. The number of phenolic OH excluding ortho intramolecular Hbond substituents is 1. The second-order valence-corrected chi connectivity index (χ2v) is 9.54. The summed E-state index contributed by atoms with van der Waals surface area (Å²) in [7, 11) is 0. The predicted octanol–water partition coefficient (Wildman–Crippen LogP) is 4.88. The van der Waals surface area contributed by atoms with Gasteiger partial charge in [-0.15, -0.1) is 0 Å². The molecule has 26 heavy (non-hydrogen) atoms. The van der Waals surface area contributed by atoms with Crippen LogP contribution in [0.15, 0.2) is 24.3 Å². The van der Waals surface area contributed by atoms with Crippen LogP contribution in [0.1, 0.15) is 69.3 Å². The zero-order valence-corrected chi connectivity index (χ0v) is 15.2. The van der Waals surface area contributed by atoms with Gasteiger partial charge in [0, 0.05) is 24.7 Å². The van der Waals surface area contributed by atoms with Gasteiger partial charge in [-0.2, -0.15) is 9.78 Å². The molecule has 1 aromatic carbocycles. The average Bonchev–Trinajstić information content (AvgIpc) is 3.01. The molecule has 4 heteroatoms. The van der Waals surface area contributed by atoms with Crippen LogP contribution in [-0.4, -0.2) is 16.7 Å². The van der Waals surface area contributed by atoms with Crippen molar-refractivity contribution in [3.8, 4) is 5.75 Å². The summed E-state index contributed by atoms with van der Waals surface area (Å²) in [6.07, 6.45) is 10.1. The third kappa shape index (κ3) is 2.18. The van der Waals surface area contributed by atoms with Gasteiger partial charge < -0.3 is 9.84 Å². The van der Waals surface area contributed by atoms with Crippen molar-refractivity contribution in [1.29, 1.82) is 0 Å². The Balaban J connectivity index is 1.20. The largest absolute Gasteiger partial charge is 0.508 e. The molecular weight excluding hydrogens is 328 g/mol. The summed E-state index contributed by atoms with van der Waals surface area (Å²) in [5.41, 5.74) is 1.06. The summed E-state index contributed by atoms with van der Waals surface area (Å²) in [5, 5.41) is 10.2. The monoisotopic (exact) mass is 356 g/mol. The molecule has 6 aliphatic rings. The number of para-hydroxylation sites is 1. The summed E-state index contributed by atoms with van der Waals surface area (Å²) in [6.45, 7) is 0. The van der Waals surface area contributed by atoms with Crippen LogP contribution in [-0.2, 0) is 14.5 Å². The van der Waals surface area contributed by atoms with Crippen molar-refractivity contribution >= 4 is 0 Å². The minimum Gasteiger partial charge on any atom is -0.508 e. The van der Waals surface area contributed by atoms with E-state index in [1.165, 1.54) is 32.1 Å². The van der Waals surface area contributed by atoms with Gasteiger partial charge in [-0.1, -0.05) is 18.2 Å². The Hall–Kier alpha value is -1.10. The Morgan fingerprint density at radius 1 is 0.846 bits per heavy atom. The maximum absolute atomic E-state index is 10.2. The van der Waals surface area contributed by atoms with E-state index in [-0.39, 0.29) is 0 Å². The van der Waals surface area contributed by atoms with Crippen molar-refractivity contribution in [3.63, 3.8) is 0 Å². The minimum absolute atomic E-state index is 0.379. The zero-order valence-electron chi connectivity index (χ0n) is 15.2. The first-order chi connectivity index (χ1) is 12.7. The molecule has 5 saturated carbocycles. The molecule has 5 aliphatic carbocycles. The standard InChI is InChI=1S/C22H28O4/c23-20-4-2-1-3-19(20)16-5-7-21(8-6-16)24-22(26-25-21)17-10-14-9-15(12-17)13-18(22)11-14/h1-4,14-18,23H,5-13H2/t14?,15?,16-,17?,18?,21+,22-. The van der Waals surface area contributed by atoms with Crippen LogP contribution < -0.4 is 0 Å². The third-order valence-electron chi connectivity index (χ3n) is 8.07. The van der Waals surface area contributed by atoms with Gasteiger partial charge in [0.05, 0.1) is 0 Å². The van der Waals surface area contributed by atoms with Crippen molar-refractivity contribution < 1.29 is 19.6 Å². The fourth-order valence-electron chi connectivity index (χ4n) is 7.00. The molecule has 1 aromatic rings. The molecular formula is C22H28O4. The van der Waals surface area contributed by atoms with Crippen LogP contribution in [0, 0.1) is 23.7 Å². The zero-order chi connectivity index (χ0) is 17.4. The van der Waals surface area contributed by atoms with Gasteiger partial charge in [-0.05, 0) is 74.3 Å². The summed E-state index contributed by atoms with van der Waals surface area (Å²) in [4.78, 5) is 12.1. The van der Waals surface area contributed by atoms with E-state index in [9.17, 15) is 5.11 Å². The van der Waals surface area contributed by atoms with Crippen LogP contribution in [0.3, 0.4) is 0 Å². The first-order valence-electron chi connectivity index (χ1n) is 10.5. The molecule has 0 atom stereocenters. The van der Waals surface area contributed by atoms with Gasteiger partial charge in [0.25, 0.3) is 0 Å². The predicted molar refractivity (Wildman–Crippen MR) is 95.1 cm³/mol. The molecule has 4 bridgehead atoms. The smallest absolute Gasteiger partial charge is 0.210 e. The van der Waals surface area contributed by atoms with E-state index < -0.39 is 11.6 Å². The molecule has 1 heterocycles. The summed E-state index contributed by atoms with van der Waals surface area (Å²) < 4.78 is 6.76. The number of hydrogen-bond donors (Lipinski definition) is 1. The molecule has 7 rings (SSSR count). The van der Waals surface area contributed by atoms with Crippen LogP contribution in [0.2, 0.25) is 0 Å². The van der Waals surface area contributed by atoms with Gasteiger partial charge in [0.2, 0.25) is 11.6 Å². The van der Waals surface area contributed by atoms with Gasteiger partial charge in [0.1, 0.15) is 5.75 Å². The van der Waals surface area contributed by atoms with E-state index in [0.29, 0.717) is 23.5 Å². The number of ether oxygens (including phenoxy) is 1. The molecule has 1 aliphatic heterocycles. The normalized spacial score (nSPS) is 49.3. The van der Waals surface area contributed by atoms with E-state index in [1.54, 1.807) is 6.07 Å². The fraction of sp³-hybridized carbons (Fsp3) is 0.727. The van der Waals surface area contributed by atoms with Gasteiger partial charge in [0.15, 0.2) is 0 Å². The molecule has 1 saturated heterocycles. The molecule has 0 aromatic heterocycles. The molecule has 140 valence electrons. The molecule has 6 fully saturated rings. The van der Waals surface area contributed by atoms with Crippen molar-refractivity contribution in [2.75, 3.05) is 0 Å². The Bertz CT molecular complexity index is 678. The lowest BCUT2D eigenvalue weighted by molar-refractivity contribution is -0.390. The van der Waals surface area contributed by atoms with Crippen molar-refractivity contribution in [1.82, 2.24) is 0 Å². The first kappa shape index (κ1) is 15.9. The van der Waals surface area contributed by atoms with Crippen LogP contribution in [0.25, 0.3) is 0 Å². The van der Waals surface area contributed by atoms with Crippen molar-refractivity contribution in [2.24, 2.45) is 23.7 Å². The highest BCUT2D eigenvalue weighted by Crippen LogP contribution is 2.64. The Morgan fingerprint density at radius 3 is 2.15 bits per heavy atom. The van der Waals surface area contributed by atoms with E-state index in [0.717, 1.165) is 43.1 Å². The van der Waals surface area contributed by atoms with Crippen LogP contribution in [0.5, 0.6) is 5.75 Å². The van der Waals surface area contributed by atoms with E-state index in [2.05, 4.69) is 0 Å². The molecule has 0 unspecified atom stereocenters. The lowest BCUT2D eigenvalue weighted by atomic mass is 9.53. The molecule has 2 spiro atoms. The van der Waals surface area contributed by atoms with Gasteiger partial charge in [-0.3, -0.25) is 0 Å². The number of phenols is 1. The van der Waals surface area contributed by atoms with Gasteiger partial charge >= 0.3 is 0 Å². The van der Waals surface area contributed by atoms with E-state index >= 15 is 0 Å². The molecule has 0 radical (unpaired) electrons. The van der Waals surface area contributed by atoms with Crippen LogP contribution in [0.4, 0.5) is 0 Å². The Morgan fingerprint density at radius 2 is 1.50 bits per heavy atom. The third-order valence-corrected chi connectivity index (χ3v) is 8.07. The second-order valence-electron chi connectivity index (χ2n) is 9.54. The maximum atomic E-state index is 10.2. The number of hydrogen-bond acceptors (Lipinski definition) is 4. The lowest BCUT2D eigenvalue weighted by Crippen LogP contribution is -2.59. The average molecular weight is 356 g/mol. The number of rotatable bonds is 1. The van der Waals surface area contributed by atoms with Crippen molar-refractivity contribution in [2.45, 2.75) is 75.3 Å². The number of aromatic hydroxyl groups is 1. The SMILES string of the molecule is Oc1ccccc1[C@H]1CC[C@]2(CC1)OO[C@]1(O2)C2CC3CC(C2)CC1C3. The number of benzene rings is 1. The molecule has 0 amide bonds. The summed E-state index contributed by atoms with van der Waals surface area (Å²) >= 11 is 0. The highest BCUT2D eigenvalue weighted by atomic mass is 17.3. The minimum atomic E-state index is -0.559. The fourth-order valence-corrected chi connectivity index (χ4v) is 7.00. The first-order valence-corrected chi connectivity index (χ1v) is 10.5. The lowest BCUT2D eigenvalue weighted by Gasteiger charge is -2.57. The molecule has 1 N–H and O–H groups in total. The highest BCUT2D eigenvalue weighted by molar-refractivity contribution is 5.35. The van der Waals surface area contributed by atoms with E-state index in [4.69, 9.17) is 14.5 Å². The van der Waals surface area contributed by atoms with Crippen molar-refractivity contribution in [3.05, 3.63) is 29.8 Å². The van der Waals surface area contributed by atoms with Gasteiger partial charge in [-0.25, -0.2) is 0 Å². The quantitative estimate of drug-likeness (QED) is 0.729. The van der Waals surface area contributed by atoms with E-state index in [1.807, 2.05) is 18.2 Å².